The third-order valence-corrected chi connectivity index (χ3v) is 5.97. The number of benzene rings is 1. The number of amides is 1. The largest absolute Gasteiger partial charge is 0.393 e. The molecule has 1 amide bonds. The first-order valence-electron chi connectivity index (χ1n) is 9.65. The lowest BCUT2D eigenvalue weighted by atomic mass is 9.85. The van der Waals surface area contributed by atoms with Crippen LogP contribution < -0.4 is 10.2 Å². The topological polar surface area (TPSA) is 52.6 Å². The molecule has 1 heterocycles. The van der Waals surface area contributed by atoms with Crippen molar-refractivity contribution in [1.29, 1.82) is 0 Å². The summed E-state index contributed by atoms with van der Waals surface area (Å²) in [6.45, 7) is 2.95. The Labute approximate surface area is 157 Å². The summed E-state index contributed by atoms with van der Waals surface area (Å²) in [6.07, 6.45) is -0.204. The quantitative estimate of drug-likeness (QED) is 0.812. The normalized spacial score (nSPS) is 21.5. The lowest BCUT2D eigenvalue weighted by molar-refractivity contribution is -0.141. The predicted octanol–water partition coefficient (Wildman–Crippen LogP) is 3.79. The first-order valence-corrected chi connectivity index (χ1v) is 9.65. The van der Waals surface area contributed by atoms with Crippen molar-refractivity contribution in [2.24, 2.45) is 5.41 Å². The number of aliphatic hydroxyl groups excluding tert-OH is 1. The summed E-state index contributed by atoms with van der Waals surface area (Å²) in [6, 6.07) is 3.78. The van der Waals surface area contributed by atoms with E-state index in [1.165, 1.54) is 12.1 Å². The molecule has 1 aliphatic carbocycles. The molecule has 150 valence electrons. The van der Waals surface area contributed by atoms with Crippen LogP contribution in [-0.4, -0.2) is 36.6 Å². The van der Waals surface area contributed by atoms with Gasteiger partial charge in [0.1, 0.15) is 11.2 Å². The SMILES string of the molecule is CC(NC(=O)C1(C(F)F)CCCC1)c1cc(F)ccc1N1CCC(O)CC1. The minimum absolute atomic E-state index is 0.184. The van der Waals surface area contributed by atoms with Crippen molar-refractivity contribution in [3.63, 3.8) is 0 Å². The molecule has 27 heavy (non-hydrogen) atoms. The minimum atomic E-state index is -2.71. The number of carbonyl (C=O) groups is 1. The van der Waals surface area contributed by atoms with Gasteiger partial charge in [-0.15, -0.1) is 0 Å². The number of anilines is 1. The van der Waals surface area contributed by atoms with Gasteiger partial charge >= 0.3 is 0 Å². The smallest absolute Gasteiger partial charge is 0.252 e. The average Bonchev–Trinajstić information content (AvgIpc) is 3.14. The molecule has 1 aromatic rings. The zero-order chi connectivity index (χ0) is 19.6. The summed E-state index contributed by atoms with van der Waals surface area (Å²) >= 11 is 0. The maximum Gasteiger partial charge on any atom is 0.252 e. The highest BCUT2D eigenvalue weighted by Crippen LogP contribution is 2.44. The predicted molar refractivity (Wildman–Crippen MR) is 97.3 cm³/mol. The summed E-state index contributed by atoms with van der Waals surface area (Å²) in [7, 11) is 0. The molecule has 4 nitrogen and oxygen atoms in total. The van der Waals surface area contributed by atoms with Crippen LogP contribution in [0.25, 0.3) is 0 Å². The molecule has 2 fully saturated rings. The van der Waals surface area contributed by atoms with Crippen LogP contribution in [0.2, 0.25) is 0 Å². The van der Waals surface area contributed by atoms with Crippen LogP contribution >= 0.6 is 0 Å². The first kappa shape index (κ1) is 20.0. The van der Waals surface area contributed by atoms with Gasteiger partial charge in [0, 0.05) is 24.3 Å². The zero-order valence-electron chi connectivity index (χ0n) is 15.6. The van der Waals surface area contributed by atoms with E-state index < -0.39 is 29.6 Å². The highest BCUT2D eigenvalue weighted by molar-refractivity contribution is 5.84. The van der Waals surface area contributed by atoms with E-state index in [9.17, 15) is 23.1 Å². The van der Waals surface area contributed by atoms with Gasteiger partial charge in [-0.3, -0.25) is 4.79 Å². The van der Waals surface area contributed by atoms with E-state index in [0.29, 0.717) is 44.3 Å². The van der Waals surface area contributed by atoms with Crippen LogP contribution in [0.5, 0.6) is 0 Å². The molecule has 1 unspecified atom stereocenters. The summed E-state index contributed by atoms with van der Waals surface area (Å²) in [4.78, 5) is 14.7. The number of hydrogen-bond donors (Lipinski definition) is 2. The van der Waals surface area contributed by atoms with Crippen molar-refractivity contribution in [3.05, 3.63) is 29.6 Å². The van der Waals surface area contributed by atoms with Crippen molar-refractivity contribution in [1.82, 2.24) is 5.32 Å². The third-order valence-electron chi connectivity index (χ3n) is 5.97. The van der Waals surface area contributed by atoms with E-state index in [1.807, 2.05) is 4.90 Å². The van der Waals surface area contributed by atoms with Gasteiger partial charge in [-0.2, -0.15) is 0 Å². The van der Waals surface area contributed by atoms with Crippen molar-refractivity contribution in [2.45, 2.75) is 64.0 Å². The fourth-order valence-corrected chi connectivity index (χ4v) is 4.24. The molecule has 1 saturated heterocycles. The molecule has 3 rings (SSSR count). The Morgan fingerprint density at radius 3 is 2.48 bits per heavy atom. The second-order valence-corrected chi connectivity index (χ2v) is 7.78. The Balaban J connectivity index is 1.80. The highest BCUT2D eigenvalue weighted by atomic mass is 19.3. The summed E-state index contributed by atoms with van der Waals surface area (Å²) in [5.41, 5.74) is -0.285. The maximum atomic E-state index is 13.9. The number of carbonyl (C=O) groups excluding carboxylic acids is 1. The van der Waals surface area contributed by atoms with Gasteiger partial charge in [0.25, 0.3) is 6.43 Å². The fourth-order valence-electron chi connectivity index (χ4n) is 4.24. The molecule has 1 aromatic carbocycles. The number of alkyl halides is 2. The summed E-state index contributed by atoms with van der Waals surface area (Å²) in [5.74, 6) is -1.08. The van der Waals surface area contributed by atoms with Crippen LogP contribution in [0.1, 0.15) is 57.1 Å². The first-order chi connectivity index (χ1) is 12.8. The summed E-state index contributed by atoms with van der Waals surface area (Å²) < 4.78 is 41.1. The number of aliphatic hydroxyl groups is 1. The van der Waals surface area contributed by atoms with Crippen LogP contribution in [0.3, 0.4) is 0 Å². The Kier molecular flexibility index (Phi) is 5.99. The molecular weight excluding hydrogens is 357 g/mol. The van der Waals surface area contributed by atoms with E-state index in [-0.39, 0.29) is 18.9 Å². The molecule has 0 bridgehead atoms. The molecular formula is C20H27F3N2O2. The van der Waals surface area contributed by atoms with Gasteiger partial charge in [-0.25, -0.2) is 13.2 Å². The molecule has 1 saturated carbocycles. The second-order valence-electron chi connectivity index (χ2n) is 7.78. The third kappa shape index (κ3) is 4.08. The fraction of sp³-hybridized carbons (Fsp3) is 0.650. The van der Waals surface area contributed by atoms with Gasteiger partial charge in [-0.1, -0.05) is 12.8 Å². The standard InChI is InChI=1S/C20H27F3N2O2/c1-13(24-19(27)20(18(22)23)8-2-3-9-20)16-12-14(21)4-5-17(16)25-10-6-15(26)7-11-25/h4-5,12-13,15,18,26H,2-3,6-11H2,1H3,(H,24,27). The monoisotopic (exact) mass is 384 g/mol. The number of nitrogens with zero attached hydrogens (tertiary/aromatic N) is 1. The van der Waals surface area contributed by atoms with Crippen LogP contribution in [-0.2, 0) is 4.79 Å². The minimum Gasteiger partial charge on any atom is -0.393 e. The molecule has 7 heteroatoms. The number of piperidine rings is 1. The number of hydrogen-bond acceptors (Lipinski definition) is 3. The van der Waals surface area contributed by atoms with E-state index in [0.717, 1.165) is 5.69 Å². The molecule has 0 radical (unpaired) electrons. The number of halogens is 3. The lowest BCUT2D eigenvalue weighted by Gasteiger charge is -2.35. The van der Waals surface area contributed by atoms with Gasteiger partial charge in [0.2, 0.25) is 5.91 Å². The van der Waals surface area contributed by atoms with Gasteiger partial charge in [0.15, 0.2) is 0 Å². The van der Waals surface area contributed by atoms with Crippen molar-refractivity contribution < 1.29 is 23.1 Å². The lowest BCUT2D eigenvalue weighted by Crippen LogP contribution is -2.45. The zero-order valence-corrected chi connectivity index (χ0v) is 15.6. The van der Waals surface area contributed by atoms with Crippen LogP contribution in [0, 0.1) is 11.2 Å². The molecule has 1 aliphatic heterocycles. The average molecular weight is 384 g/mol. The Morgan fingerprint density at radius 2 is 1.89 bits per heavy atom. The molecule has 1 atom stereocenters. The Bertz CT molecular complexity index is 669. The molecule has 0 aromatic heterocycles. The van der Waals surface area contributed by atoms with Gasteiger partial charge in [0.05, 0.1) is 12.1 Å². The van der Waals surface area contributed by atoms with E-state index >= 15 is 0 Å². The van der Waals surface area contributed by atoms with E-state index in [2.05, 4.69) is 5.32 Å². The number of nitrogens with one attached hydrogen (secondary N) is 1. The Hall–Kier alpha value is -1.76. The van der Waals surface area contributed by atoms with Crippen LogP contribution in [0.15, 0.2) is 18.2 Å². The van der Waals surface area contributed by atoms with Crippen molar-refractivity contribution >= 4 is 11.6 Å². The molecule has 0 spiro atoms. The van der Waals surface area contributed by atoms with Gasteiger partial charge in [-0.05, 0) is 50.8 Å². The van der Waals surface area contributed by atoms with E-state index in [4.69, 9.17) is 0 Å². The second kappa shape index (κ2) is 8.09. The Morgan fingerprint density at radius 1 is 1.26 bits per heavy atom. The van der Waals surface area contributed by atoms with Crippen molar-refractivity contribution in [3.8, 4) is 0 Å². The van der Waals surface area contributed by atoms with Gasteiger partial charge < -0.3 is 15.3 Å². The van der Waals surface area contributed by atoms with E-state index in [1.54, 1.807) is 13.0 Å². The molecule has 2 N–H and O–H groups in total. The summed E-state index contributed by atoms with van der Waals surface area (Å²) in [5, 5.41) is 12.4. The molecule has 2 aliphatic rings. The maximum absolute atomic E-state index is 13.9. The highest BCUT2D eigenvalue weighted by Gasteiger charge is 2.49. The van der Waals surface area contributed by atoms with Crippen LogP contribution in [0.4, 0.5) is 18.9 Å². The number of rotatable bonds is 5. The van der Waals surface area contributed by atoms with Crippen molar-refractivity contribution in [2.75, 3.05) is 18.0 Å².